The third-order valence-electron chi connectivity index (χ3n) is 13.9. The predicted octanol–water partition coefficient (Wildman–Crippen LogP) is 16.4. The zero-order chi connectivity index (χ0) is 45.4. The molecule has 0 amide bonds. The first-order chi connectivity index (χ1) is 34.2. The van der Waals surface area contributed by atoms with Gasteiger partial charge in [0.25, 0.3) is 0 Å². The smallest absolute Gasteiger partial charge is 0.0964 e. The largest absolute Gasteiger partial charge is 0.309 e. The zero-order valence-electron chi connectivity index (χ0n) is 37.4. The molecule has 0 aliphatic heterocycles. The lowest BCUT2D eigenvalue weighted by atomic mass is 9.97. The molecule has 0 atom stereocenters. The minimum Gasteiger partial charge on any atom is -0.309 e. The van der Waals surface area contributed by atoms with Crippen LogP contribution in [0.2, 0.25) is 0 Å². The van der Waals surface area contributed by atoms with Gasteiger partial charge in [-0.15, -0.1) is 0 Å². The van der Waals surface area contributed by atoms with Crippen LogP contribution in [0.3, 0.4) is 0 Å². The van der Waals surface area contributed by atoms with Crippen molar-refractivity contribution in [3.8, 4) is 61.8 Å². The van der Waals surface area contributed by atoms with Crippen LogP contribution in [0.15, 0.2) is 249 Å². The van der Waals surface area contributed by atoms with Gasteiger partial charge in [-0.25, -0.2) is 4.98 Å². The molecule has 0 saturated heterocycles. The topological polar surface area (TPSA) is 40.6 Å². The highest BCUT2D eigenvalue weighted by Crippen LogP contribution is 2.40. The predicted molar refractivity (Wildman–Crippen MR) is 287 cm³/mol. The van der Waals surface area contributed by atoms with Crippen molar-refractivity contribution in [3.05, 3.63) is 249 Å². The van der Waals surface area contributed by atoms with Crippen molar-refractivity contribution in [2.24, 2.45) is 0 Å². The molecule has 0 N–H and O–H groups in total. The number of nitrogens with zero attached hydrogens (tertiary/aromatic N) is 5. The van der Waals surface area contributed by atoms with E-state index in [4.69, 9.17) is 9.97 Å². The molecule has 322 valence electrons. The van der Waals surface area contributed by atoms with Gasteiger partial charge < -0.3 is 13.7 Å². The van der Waals surface area contributed by atoms with Gasteiger partial charge in [0, 0.05) is 55.6 Å². The third-order valence-corrected chi connectivity index (χ3v) is 13.9. The minimum absolute atomic E-state index is 0.937. The van der Waals surface area contributed by atoms with E-state index >= 15 is 0 Å². The highest BCUT2D eigenvalue weighted by molar-refractivity contribution is 6.13. The Bertz CT molecular complexity index is 4240. The molecule has 0 fully saturated rings. The molecule has 0 unspecified atom stereocenters. The first-order valence-electron chi connectivity index (χ1n) is 23.5. The van der Waals surface area contributed by atoms with Crippen molar-refractivity contribution in [2.45, 2.75) is 0 Å². The number of rotatable bonds is 7. The first kappa shape index (κ1) is 38.9. The Morgan fingerprint density at radius 3 is 1.45 bits per heavy atom. The molecular weight excluding hydrogens is 839 g/mol. The molecule has 5 nitrogen and oxygen atoms in total. The number of hydrogen-bond donors (Lipinski definition) is 0. The molecule has 0 spiro atoms. The summed E-state index contributed by atoms with van der Waals surface area (Å²) in [5.41, 5.74) is 19.9. The summed E-state index contributed by atoms with van der Waals surface area (Å²) >= 11 is 0. The van der Waals surface area contributed by atoms with Crippen molar-refractivity contribution >= 4 is 65.5 Å². The van der Waals surface area contributed by atoms with Crippen LogP contribution >= 0.6 is 0 Å². The lowest BCUT2D eigenvalue weighted by Crippen LogP contribution is -1.98. The normalized spacial score (nSPS) is 11.8. The van der Waals surface area contributed by atoms with Crippen molar-refractivity contribution in [1.82, 2.24) is 23.7 Å². The molecule has 9 aromatic carbocycles. The molecule has 0 bridgehead atoms. The van der Waals surface area contributed by atoms with Crippen LogP contribution in [-0.2, 0) is 0 Å². The average Bonchev–Trinajstić information content (AvgIpc) is 4.06. The highest BCUT2D eigenvalue weighted by Gasteiger charge is 2.19. The highest BCUT2D eigenvalue weighted by atomic mass is 15.0. The van der Waals surface area contributed by atoms with Gasteiger partial charge in [-0.1, -0.05) is 152 Å². The van der Waals surface area contributed by atoms with Crippen LogP contribution in [0, 0.1) is 0 Å². The van der Waals surface area contributed by atoms with E-state index in [1.54, 1.807) is 0 Å². The van der Waals surface area contributed by atoms with E-state index in [2.05, 4.69) is 250 Å². The second-order valence-electron chi connectivity index (χ2n) is 17.8. The maximum Gasteiger partial charge on any atom is 0.0964 e. The summed E-state index contributed by atoms with van der Waals surface area (Å²) in [5, 5.41) is 5.99. The fourth-order valence-corrected chi connectivity index (χ4v) is 10.7. The number of fused-ring (bicyclic) bond motifs is 9. The quantitative estimate of drug-likeness (QED) is 0.160. The number of hydrogen-bond acceptors (Lipinski definition) is 2. The number of para-hydroxylation sites is 3. The maximum atomic E-state index is 5.21. The Morgan fingerprint density at radius 1 is 0.246 bits per heavy atom. The number of aromatic nitrogens is 5. The molecule has 5 aromatic heterocycles. The molecule has 14 rings (SSSR count). The van der Waals surface area contributed by atoms with E-state index in [1.807, 2.05) is 12.3 Å². The minimum atomic E-state index is 0.937. The van der Waals surface area contributed by atoms with Gasteiger partial charge in [-0.3, -0.25) is 4.98 Å². The Labute approximate surface area is 398 Å². The summed E-state index contributed by atoms with van der Waals surface area (Å²) < 4.78 is 7.13. The Balaban J connectivity index is 0.889. The maximum absolute atomic E-state index is 5.21. The van der Waals surface area contributed by atoms with Gasteiger partial charge in [0.05, 0.1) is 55.7 Å². The van der Waals surface area contributed by atoms with Crippen LogP contribution in [0.5, 0.6) is 0 Å². The number of pyridine rings is 2. The summed E-state index contributed by atoms with van der Waals surface area (Å²) in [7, 11) is 0. The van der Waals surface area contributed by atoms with Crippen LogP contribution < -0.4 is 0 Å². The van der Waals surface area contributed by atoms with E-state index in [-0.39, 0.29) is 0 Å². The van der Waals surface area contributed by atoms with Crippen LogP contribution in [0.25, 0.3) is 127 Å². The SMILES string of the molecule is c1ccc(-c2cc(-n3c4ccccc4c4ccc(-c5cccc(-c6ccc7c(c6)c6ccccc6n7-c6ccc7c(c6)c6ncccc6n7-c6ccccc6)c5)cc43)cc(-c3ccccc3)n2)cc1. The average molecular weight is 880 g/mol. The lowest BCUT2D eigenvalue weighted by molar-refractivity contribution is 1.16. The summed E-state index contributed by atoms with van der Waals surface area (Å²) in [6.07, 6.45) is 1.89. The summed E-state index contributed by atoms with van der Waals surface area (Å²) in [4.78, 5) is 10.1. The van der Waals surface area contributed by atoms with E-state index in [0.29, 0.717) is 0 Å². The monoisotopic (exact) mass is 879 g/mol. The van der Waals surface area contributed by atoms with E-state index in [9.17, 15) is 0 Å². The summed E-state index contributed by atoms with van der Waals surface area (Å²) in [6.45, 7) is 0. The number of benzene rings is 9. The molecule has 69 heavy (non-hydrogen) atoms. The van der Waals surface area contributed by atoms with E-state index in [1.165, 1.54) is 38.2 Å². The Morgan fingerprint density at radius 2 is 0.739 bits per heavy atom. The van der Waals surface area contributed by atoms with E-state index in [0.717, 1.165) is 89.2 Å². The van der Waals surface area contributed by atoms with Gasteiger partial charge in [0.2, 0.25) is 0 Å². The first-order valence-corrected chi connectivity index (χ1v) is 23.5. The second-order valence-corrected chi connectivity index (χ2v) is 17.8. The molecule has 5 heterocycles. The molecular formula is C64H41N5. The van der Waals surface area contributed by atoms with Crippen molar-refractivity contribution in [1.29, 1.82) is 0 Å². The van der Waals surface area contributed by atoms with Crippen molar-refractivity contribution < 1.29 is 0 Å². The Kier molecular flexibility index (Phi) is 8.83. The second kappa shape index (κ2) is 15.7. The van der Waals surface area contributed by atoms with Crippen LogP contribution in [0.4, 0.5) is 0 Å². The fraction of sp³-hybridized carbons (Fsp3) is 0. The van der Waals surface area contributed by atoms with Gasteiger partial charge in [-0.2, -0.15) is 0 Å². The molecule has 14 aromatic rings. The molecule has 0 aliphatic rings. The van der Waals surface area contributed by atoms with Crippen LogP contribution in [0.1, 0.15) is 0 Å². The Hall–Kier alpha value is -9.32. The van der Waals surface area contributed by atoms with Gasteiger partial charge in [0.15, 0.2) is 0 Å². The van der Waals surface area contributed by atoms with Crippen molar-refractivity contribution in [3.63, 3.8) is 0 Å². The van der Waals surface area contributed by atoms with E-state index < -0.39 is 0 Å². The third kappa shape index (κ3) is 6.32. The fourth-order valence-electron chi connectivity index (χ4n) is 10.7. The van der Waals surface area contributed by atoms with Crippen LogP contribution in [-0.4, -0.2) is 23.7 Å². The van der Waals surface area contributed by atoms with Gasteiger partial charge in [-0.05, 0) is 113 Å². The molecule has 0 aliphatic carbocycles. The zero-order valence-corrected chi connectivity index (χ0v) is 37.4. The summed E-state index contributed by atoms with van der Waals surface area (Å²) in [6, 6.07) is 87.3. The molecule has 5 heteroatoms. The molecule has 0 radical (unpaired) electrons. The van der Waals surface area contributed by atoms with Gasteiger partial charge in [0.1, 0.15) is 0 Å². The summed E-state index contributed by atoms with van der Waals surface area (Å²) in [5.74, 6) is 0. The molecule has 0 saturated carbocycles. The standard InChI is InChI=1S/C64H41N5/c1-4-16-42(17-5-1)56-40-50(41-57(66-56)43-18-6-2-7-19-43)69-58-26-12-10-24-51(58)53-32-29-47(38-63(53)69)45-21-14-20-44(36-45)46-30-33-60-54(37-46)52-25-11-13-27-59(52)68(60)49-31-34-61-55(39-49)64-62(28-15-35-65-64)67(61)48-22-8-3-9-23-48/h1-41H. The van der Waals surface area contributed by atoms with Crippen molar-refractivity contribution in [2.75, 3.05) is 0 Å². The lowest BCUT2D eigenvalue weighted by Gasteiger charge is -2.14. The van der Waals surface area contributed by atoms with Gasteiger partial charge >= 0.3 is 0 Å².